The van der Waals surface area contributed by atoms with Gasteiger partial charge in [0.25, 0.3) is 0 Å². The van der Waals surface area contributed by atoms with Crippen LogP contribution in [0.1, 0.15) is 49.7 Å². The van der Waals surface area contributed by atoms with Crippen LogP contribution >= 0.6 is 0 Å². The summed E-state index contributed by atoms with van der Waals surface area (Å²) in [5, 5.41) is 18.8. The van der Waals surface area contributed by atoms with Crippen LogP contribution < -0.4 is 10.6 Å². The average Bonchev–Trinajstić information content (AvgIpc) is 3.32. The molecule has 1 heterocycles. The Morgan fingerprint density at radius 3 is 2.35 bits per heavy atom. The number of nitrogens with one attached hydrogen (secondary N) is 2. The molecular weight excluding hydrogens is 449 g/mol. The van der Waals surface area contributed by atoms with E-state index in [-0.39, 0.29) is 24.2 Å². The first-order chi connectivity index (χ1) is 16.2. The van der Waals surface area contributed by atoms with Gasteiger partial charge in [-0.2, -0.15) is 18.2 Å². The summed E-state index contributed by atoms with van der Waals surface area (Å²) in [6.45, 7) is 5.21. The maximum Gasteiger partial charge on any atom is 0.471 e. The number of carboxylic acids is 1. The van der Waals surface area contributed by atoms with E-state index in [9.17, 15) is 18.0 Å². The van der Waals surface area contributed by atoms with Gasteiger partial charge < -0.3 is 20.3 Å². The maximum atomic E-state index is 12.7. The monoisotopic (exact) mass is 476 g/mol. The van der Waals surface area contributed by atoms with E-state index in [1.54, 1.807) is 12.1 Å². The van der Waals surface area contributed by atoms with Crippen LogP contribution in [0.2, 0.25) is 0 Å². The summed E-state index contributed by atoms with van der Waals surface area (Å²) in [7, 11) is 0. The molecule has 34 heavy (non-hydrogen) atoms. The number of carboxylic acid groups (broad SMARTS) is 1. The summed E-state index contributed by atoms with van der Waals surface area (Å²) < 4.78 is 42.5. The summed E-state index contributed by atoms with van der Waals surface area (Å²) in [6.07, 6.45) is -3.68. The van der Waals surface area contributed by atoms with Crippen molar-refractivity contribution in [3.8, 4) is 11.4 Å². The maximum absolute atomic E-state index is 12.7. The first-order valence-electron chi connectivity index (χ1n) is 11.0. The number of carbonyl (C=O) groups is 1. The van der Waals surface area contributed by atoms with Crippen LogP contribution in [0, 0.1) is 5.92 Å². The van der Waals surface area contributed by atoms with Gasteiger partial charge in [-0.15, -0.1) is 0 Å². The third-order valence-corrected chi connectivity index (χ3v) is 5.53. The Hall–Kier alpha value is -3.40. The molecule has 7 nitrogen and oxygen atoms in total. The van der Waals surface area contributed by atoms with Gasteiger partial charge >= 0.3 is 18.0 Å². The van der Waals surface area contributed by atoms with Gasteiger partial charge in [-0.25, -0.2) is 0 Å². The van der Waals surface area contributed by atoms with Gasteiger partial charge in [-0.05, 0) is 29.2 Å². The zero-order chi connectivity index (χ0) is 24.7. The summed E-state index contributed by atoms with van der Waals surface area (Å²) >= 11 is 0. The molecule has 0 spiro atoms. The highest BCUT2D eigenvalue weighted by Crippen LogP contribution is 2.32. The molecule has 0 aliphatic carbocycles. The lowest BCUT2D eigenvalue weighted by atomic mass is 9.91. The van der Waals surface area contributed by atoms with Crippen LogP contribution in [0.4, 0.5) is 18.9 Å². The minimum Gasteiger partial charge on any atom is -0.481 e. The number of hydrogen-bond donors (Lipinski definition) is 3. The average molecular weight is 476 g/mol. The number of nitrogens with zero attached hydrogens (tertiary/aromatic N) is 2. The molecule has 0 saturated carbocycles. The van der Waals surface area contributed by atoms with Crippen LogP contribution in [0.25, 0.3) is 11.4 Å². The van der Waals surface area contributed by atoms with Crippen molar-refractivity contribution in [3.63, 3.8) is 0 Å². The SMILES string of the molecule is CCC(C)[C@H](Nc1ccc(CNCCC(=O)O)cc1)c1ccc(-c2noc(C(F)(F)F)n2)cc1. The highest BCUT2D eigenvalue weighted by Gasteiger charge is 2.38. The summed E-state index contributed by atoms with van der Waals surface area (Å²) in [5.74, 6) is -2.03. The largest absolute Gasteiger partial charge is 0.481 e. The molecule has 0 radical (unpaired) electrons. The van der Waals surface area contributed by atoms with Crippen LogP contribution in [-0.4, -0.2) is 27.8 Å². The Morgan fingerprint density at radius 1 is 1.12 bits per heavy atom. The molecule has 0 fully saturated rings. The van der Waals surface area contributed by atoms with E-state index in [1.807, 2.05) is 36.4 Å². The van der Waals surface area contributed by atoms with Gasteiger partial charge in [0.2, 0.25) is 5.82 Å². The molecule has 0 aliphatic rings. The number of anilines is 1. The molecule has 0 amide bonds. The molecule has 182 valence electrons. The van der Waals surface area contributed by atoms with E-state index >= 15 is 0 Å². The molecule has 0 bridgehead atoms. The van der Waals surface area contributed by atoms with E-state index in [1.165, 1.54) is 0 Å². The molecule has 3 rings (SSSR count). The lowest BCUT2D eigenvalue weighted by molar-refractivity contribution is -0.159. The standard InChI is InChI=1S/C24H27F3N4O3/c1-3-15(2)21(29-19-10-4-16(5-11-19)14-28-13-12-20(32)33)17-6-8-18(9-7-17)22-30-23(34-31-22)24(25,26)27/h4-11,15,21,28-29H,3,12-14H2,1-2H3,(H,32,33)/t15?,21-/m0/s1. The minimum atomic E-state index is -4.68. The molecular formula is C24H27F3N4O3. The number of rotatable bonds is 11. The molecule has 3 aromatic rings. The van der Waals surface area contributed by atoms with Gasteiger partial charge in [0, 0.05) is 24.3 Å². The fourth-order valence-corrected chi connectivity index (χ4v) is 3.41. The second kappa shape index (κ2) is 11.1. The van der Waals surface area contributed by atoms with Crippen molar-refractivity contribution in [3.05, 3.63) is 65.5 Å². The van der Waals surface area contributed by atoms with Gasteiger partial charge in [-0.3, -0.25) is 4.79 Å². The molecule has 0 aliphatic heterocycles. The Labute approximate surface area is 195 Å². The fourth-order valence-electron chi connectivity index (χ4n) is 3.41. The van der Waals surface area contributed by atoms with E-state index < -0.39 is 18.0 Å². The second-order valence-corrected chi connectivity index (χ2v) is 8.07. The van der Waals surface area contributed by atoms with Gasteiger partial charge in [0.05, 0.1) is 12.5 Å². The predicted octanol–water partition coefficient (Wildman–Crippen LogP) is 5.52. The van der Waals surface area contributed by atoms with Gasteiger partial charge in [0.15, 0.2) is 0 Å². The Bertz CT molecular complexity index is 1070. The molecule has 0 saturated heterocycles. The van der Waals surface area contributed by atoms with Gasteiger partial charge in [0.1, 0.15) is 0 Å². The smallest absolute Gasteiger partial charge is 0.471 e. The number of benzene rings is 2. The molecule has 1 aromatic heterocycles. The number of alkyl halides is 3. The first kappa shape index (κ1) is 25.2. The Morgan fingerprint density at radius 2 is 1.79 bits per heavy atom. The first-order valence-corrected chi connectivity index (χ1v) is 11.0. The highest BCUT2D eigenvalue weighted by atomic mass is 19.4. The van der Waals surface area contributed by atoms with Crippen molar-refractivity contribution in [2.45, 2.75) is 45.5 Å². The number of aliphatic carboxylic acids is 1. The molecule has 2 aromatic carbocycles. The van der Waals surface area contributed by atoms with Crippen molar-refractivity contribution in [2.24, 2.45) is 5.92 Å². The van der Waals surface area contributed by atoms with Crippen molar-refractivity contribution in [1.29, 1.82) is 0 Å². The van der Waals surface area contributed by atoms with E-state index in [0.29, 0.717) is 18.7 Å². The molecule has 3 N–H and O–H groups in total. The van der Waals surface area contributed by atoms with E-state index in [2.05, 4.69) is 39.1 Å². The fraction of sp³-hybridized carbons (Fsp3) is 0.375. The zero-order valence-corrected chi connectivity index (χ0v) is 18.9. The Kier molecular flexibility index (Phi) is 8.27. The van der Waals surface area contributed by atoms with E-state index in [4.69, 9.17) is 5.11 Å². The second-order valence-electron chi connectivity index (χ2n) is 8.07. The molecule has 2 atom stereocenters. The summed E-state index contributed by atoms with van der Waals surface area (Å²) in [5.41, 5.74) is 3.39. The van der Waals surface area contributed by atoms with Crippen molar-refractivity contribution >= 4 is 11.7 Å². The van der Waals surface area contributed by atoms with Crippen LogP contribution in [0.5, 0.6) is 0 Å². The summed E-state index contributed by atoms with van der Waals surface area (Å²) in [6, 6.07) is 14.9. The van der Waals surface area contributed by atoms with Crippen LogP contribution in [-0.2, 0) is 17.5 Å². The van der Waals surface area contributed by atoms with Crippen molar-refractivity contribution < 1.29 is 27.6 Å². The van der Waals surface area contributed by atoms with E-state index in [0.717, 1.165) is 23.2 Å². The normalized spacial score (nSPS) is 13.4. The predicted molar refractivity (Wildman–Crippen MR) is 121 cm³/mol. The Balaban J connectivity index is 1.69. The minimum absolute atomic E-state index is 0.0189. The number of aromatic nitrogens is 2. The van der Waals surface area contributed by atoms with Crippen molar-refractivity contribution in [1.82, 2.24) is 15.5 Å². The topological polar surface area (TPSA) is 100 Å². The number of halogens is 3. The highest BCUT2D eigenvalue weighted by molar-refractivity contribution is 5.66. The lowest BCUT2D eigenvalue weighted by Gasteiger charge is -2.26. The van der Waals surface area contributed by atoms with Crippen LogP contribution in [0.3, 0.4) is 0 Å². The number of hydrogen-bond acceptors (Lipinski definition) is 6. The van der Waals surface area contributed by atoms with Gasteiger partial charge in [-0.1, -0.05) is 61.8 Å². The van der Waals surface area contributed by atoms with Crippen molar-refractivity contribution in [2.75, 3.05) is 11.9 Å². The molecule has 1 unspecified atom stereocenters. The quantitative estimate of drug-likeness (QED) is 0.313. The lowest BCUT2D eigenvalue weighted by Crippen LogP contribution is -2.19. The molecule has 10 heteroatoms. The zero-order valence-electron chi connectivity index (χ0n) is 18.9. The third-order valence-electron chi connectivity index (χ3n) is 5.53. The summed E-state index contributed by atoms with van der Waals surface area (Å²) in [4.78, 5) is 14.0. The van der Waals surface area contributed by atoms with Crippen LogP contribution in [0.15, 0.2) is 53.1 Å². The third kappa shape index (κ3) is 6.80.